The summed E-state index contributed by atoms with van der Waals surface area (Å²) >= 11 is 0. The second kappa shape index (κ2) is 8.99. The Labute approximate surface area is 153 Å². The first-order valence-electron chi connectivity index (χ1n) is 8.49. The summed E-state index contributed by atoms with van der Waals surface area (Å²) in [5, 5.41) is 5.52. The lowest BCUT2D eigenvalue weighted by Crippen LogP contribution is -2.30. The van der Waals surface area contributed by atoms with Gasteiger partial charge in [-0.2, -0.15) is 0 Å². The molecule has 5 nitrogen and oxygen atoms in total. The highest BCUT2D eigenvalue weighted by Crippen LogP contribution is 2.17. The second-order valence-electron chi connectivity index (χ2n) is 6.31. The van der Waals surface area contributed by atoms with Crippen LogP contribution in [0.4, 0.5) is 14.9 Å². The van der Waals surface area contributed by atoms with Crippen molar-refractivity contribution in [3.63, 3.8) is 0 Å². The molecule has 0 atom stereocenters. The fourth-order valence-electron chi connectivity index (χ4n) is 2.54. The first-order valence-corrected chi connectivity index (χ1v) is 8.49. The number of carbonyl (C=O) groups excluding carboxylic acids is 2. The number of rotatable bonds is 6. The SMILES string of the molecule is Cc1cc(C(=O)N(C)C)ccc1NC(=O)NCCCc1ccccc1F. The van der Waals surface area contributed by atoms with E-state index < -0.39 is 0 Å². The van der Waals surface area contributed by atoms with Crippen molar-refractivity contribution >= 4 is 17.6 Å². The lowest BCUT2D eigenvalue weighted by atomic mass is 10.1. The molecule has 0 saturated carbocycles. The van der Waals surface area contributed by atoms with Gasteiger partial charge >= 0.3 is 6.03 Å². The zero-order valence-electron chi connectivity index (χ0n) is 15.3. The van der Waals surface area contributed by atoms with Gasteiger partial charge in [-0.1, -0.05) is 18.2 Å². The molecule has 138 valence electrons. The van der Waals surface area contributed by atoms with Gasteiger partial charge in [0.15, 0.2) is 0 Å². The molecule has 3 amide bonds. The lowest BCUT2D eigenvalue weighted by molar-refractivity contribution is 0.0827. The number of halogens is 1. The summed E-state index contributed by atoms with van der Waals surface area (Å²) < 4.78 is 13.5. The van der Waals surface area contributed by atoms with E-state index in [2.05, 4.69) is 10.6 Å². The van der Waals surface area contributed by atoms with Gasteiger partial charge in [-0.3, -0.25) is 4.79 Å². The molecule has 0 aliphatic carbocycles. The molecule has 0 fully saturated rings. The van der Waals surface area contributed by atoms with Crippen LogP contribution < -0.4 is 10.6 Å². The van der Waals surface area contributed by atoms with Gasteiger partial charge in [-0.25, -0.2) is 9.18 Å². The smallest absolute Gasteiger partial charge is 0.319 e. The van der Waals surface area contributed by atoms with Crippen LogP contribution in [0.1, 0.15) is 27.9 Å². The maximum Gasteiger partial charge on any atom is 0.319 e. The number of carbonyl (C=O) groups is 2. The molecule has 0 radical (unpaired) electrons. The van der Waals surface area contributed by atoms with E-state index in [0.717, 1.165) is 5.56 Å². The Balaban J connectivity index is 1.82. The highest BCUT2D eigenvalue weighted by atomic mass is 19.1. The van der Waals surface area contributed by atoms with Crippen molar-refractivity contribution in [1.82, 2.24) is 10.2 Å². The summed E-state index contributed by atoms with van der Waals surface area (Å²) in [5.74, 6) is -0.308. The van der Waals surface area contributed by atoms with Crippen LogP contribution in [0.15, 0.2) is 42.5 Å². The zero-order chi connectivity index (χ0) is 19.1. The normalized spacial score (nSPS) is 10.3. The van der Waals surface area contributed by atoms with Gasteiger partial charge in [0.2, 0.25) is 0 Å². The van der Waals surface area contributed by atoms with Gasteiger partial charge in [0.1, 0.15) is 5.82 Å². The molecule has 26 heavy (non-hydrogen) atoms. The van der Waals surface area contributed by atoms with Crippen LogP contribution in [0, 0.1) is 12.7 Å². The van der Waals surface area contributed by atoms with Crippen LogP contribution in [0.25, 0.3) is 0 Å². The number of aryl methyl sites for hydroxylation is 2. The molecular formula is C20H24FN3O2. The molecule has 2 rings (SSSR count). The van der Waals surface area contributed by atoms with Crippen LogP contribution in [-0.2, 0) is 6.42 Å². The fourth-order valence-corrected chi connectivity index (χ4v) is 2.54. The number of nitrogens with zero attached hydrogens (tertiary/aromatic N) is 1. The fraction of sp³-hybridized carbons (Fsp3) is 0.300. The number of amides is 3. The third-order valence-electron chi connectivity index (χ3n) is 3.99. The Morgan fingerprint density at radius 2 is 1.85 bits per heavy atom. The monoisotopic (exact) mass is 357 g/mol. The second-order valence-corrected chi connectivity index (χ2v) is 6.31. The van der Waals surface area contributed by atoms with E-state index in [0.29, 0.717) is 36.2 Å². The van der Waals surface area contributed by atoms with E-state index in [1.165, 1.54) is 11.0 Å². The van der Waals surface area contributed by atoms with Crippen LogP contribution in [0.5, 0.6) is 0 Å². The molecule has 2 N–H and O–H groups in total. The third-order valence-corrected chi connectivity index (χ3v) is 3.99. The molecule has 0 spiro atoms. The molecule has 0 aliphatic rings. The number of hydrogen-bond acceptors (Lipinski definition) is 2. The summed E-state index contributed by atoms with van der Waals surface area (Å²) in [5.41, 5.74) is 2.67. The summed E-state index contributed by atoms with van der Waals surface area (Å²) in [6, 6.07) is 11.5. The number of hydrogen-bond donors (Lipinski definition) is 2. The molecule has 6 heteroatoms. The van der Waals surface area contributed by atoms with E-state index in [1.807, 2.05) is 6.92 Å². The van der Waals surface area contributed by atoms with Crippen LogP contribution in [0.2, 0.25) is 0 Å². The molecule has 0 aliphatic heterocycles. The van der Waals surface area contributed by atoms with Crippen LogP contribution >= 0.6 is 0 Å². The lowest BCUT2D eigenvalue weighted by Gasteiger charge is -2.13. The highest BCUT2D eigenvalue weighted by Gasteiger charge is 2.11. The number of urea groups is 1. The van der Waals surface area contributed by atoms with Crippen molar-refractivity contribution in [2.24, 2.45) is 0 Å². The molecule has 0 bridgehead atoms. The standard InChI is InChI=1S/C20H24FN3O2/c1-14-13-16(19(25)24(2)3)10-11-18(14)23-20(26)22-12-6-8-15-7-4-5-9-17(15)21/h4-5,7,9-11,13H,6,8,12H2,1-3H3,(H2,22,23,26). The van der Waals surface area contributed by atoms with Crippen molar-refractivity contribution in [2.75, 3.05) is 26.0 Å². The quantitative estimate of drug-likeness (QED) is 0.776. The summed E-state index contributed by atoms with van der Waals surface area (Å²) in [7, 11) is 3.39. The average Bonchev–Trinajstić information content (AvgIpc) is 2.61. The summed E-state index contributed by atoms with van der Waals surface area (Å²) in [4.78, 5) is 25.4. The van der Waals surface area contributed by atoms with Crippen molar-refractivity contribution in [1.29, 1.82) is 0 Å². The largest absolute Gasteiger partial charge is 0.345 e. The molecule has 0 unspecified atom stereocenters. The van der Waals surface area contributed by atoms with Crippen molar-refractivity contribution in [2.45, 2.75) is 19.8 Å². The van der Waals surface area contributed by atoms with Gasteiger partial charge in [-0.15, -0.1) is 0 Å². The molecular weight excluding hydrogens is 333 g/mol. The minimum absolute atomic E-state index is 0.0859. The van der Waals surface area contributed by atoms with E-state index in [4.69, 9.17) is 0 Å². The van der Waals surface area contributed by atoms with E-state index in [-0.39, 0.29) is 17.8 Å². The molecule has 2 aromatic carbocycles. The van der Waals surface area contributed by atoms with Crippen molar-refractivity contribution in [3.8, 4) is 0 Å². The van der Waals surface area contributed by atoms with Crippen LogP contribution in [-0.4, -0.2) is 37.5 Å². The van der Waals surface area contributed by atoms with Gasteiger partial charge < -0.3 is 15.5 Å². The minimum Gasteiger partial charge on any atom is -0.345 e. The highest BCUT2D eigenvalue weighted by molar-refractivity contribution is 5.96. The van der Waals surface area contributed by atoms with Crippen molar-refractivity contribution < 1.29 is 14.0 Å². The van der Waals surface area contributed by atoms with Crippen LogP contribution in [0.3, 0.4) is 0 Å². The Kier molecular flexibility index (Phi) is 6.72. The molecule has 0 heterocycles. The number of anilines is 1. The minimum atomic E-state index is -0.326. The van der Waals surface area contributed by atoms with E-state index >= 15 is 0 Å². The Hall–Kier alpha value is -2.89. The van der Waals surface area contributed by atoms with Gasteiger partial charge in [0, 0.05) is 31.9 Å². The predicted octanol–water partition coefficient (Wildman–Crippen LogP) is 3.59. The molecule has 0 saturated heterocycles. The predicted molar refractivity (Wildman–Crippen MR) is 101 cm³/mol. The van der Waals surface area contributed by atoms with E-state index in [9.17, 15) is 14.0 Å². The first-order chi connectivity index (χ1) is 12.4. The summed E-state index contributed by atoms with van der Waals surface area (Å²) in [6.45, 7) is 2.27. The Morgan fingerprint density at radius 1 is 1.12 bits per heavy atom. The third kappa shape index (κ3) is 5.31. The van der Waals surface area contributed by atoms with Gasteiger partial charge in [-0.05, 0) is 55.2 Å². The van der Waals surface area contributed by atoms with Gasteiger partial charge in [0.25, 0.3) is 5.91 Å². The Morgan fingerprint density at radius 3 is 2.50 bits per heavy atom. The van der Waals surface area contributed by atoms with E-state index in [1.54, 1.807) is 50.5 Å². The maximum atomic E-state index is 13.5. The molecule has 2 aromatic rings. The molecule has 0 aromatic heterocycles. The summed E-state index contributed by atoms with van der Waals surface area (Å²) in [6.07, 6.45) is 1.21. The average molecular weight is 357 g/mol. The van der Waals surface area contributed by atoms with Gasteiger partial charge in [0.05, 0.1) is 0 Å². The maximum absolute atomic E-state index is 13.5. The first kappa shape index (κ1) is 19.4. The number of nitrogens with one attached hydrogen (secondary N) is 2. The number of benzene rings is 2. The Bertz CT molecular complexity index is 790. The van der Waals surface area contributed by atoms with Crippen molar-refractivity contribution in [3.05, 3.63) is 65.0 Å². The zero-order valence-corrected chi connectivity index (χ0v) is 15.3. The topological polar surface area (TPSA) is 61.4 Å².